The highest BCUT2D eigenvalue weighted by atomic mass is 32.2. The van der Waals surface area contributed by atoms with Crippen molar-refractivity contribution in [2.24, 2.45) is 0 Å². The normalized spacial score (nSPS) is 10.7. The third-order valence-corrected chi connectivity index (χ3v) is 4.12. The van der Waals surface area contributed by atoms with Crippen LogP contribution >= 0.6 is 0 Å². The molecule has 1 aromatic carbocycles. The van der Waals surface area contributed by atoms with Gasteiger partial charge in [0.1, 0.15) is 0 Å². The smallest absolute Gasteiger partial charge is 0.319 e. The van der Waals surface area contributed by atoms with Crippen molar-refractivity contribution in [2.75, 3.05) is 18.1 Å². The number of terminal acetylenes is 1. The Kier molecular flexibility index (Phi) is 6.25. The Balaban J connectivity index is 2.60. The molecule has 0 radical (unpaired) electrons. The van der Waals surface area contributed by atoms with Crippen molar-refractivity contribution in [3.05, 3.63) is 23.8 Å². The predicted molar refractivity (Wildman–Crippen MR) is 84.0 cm³/mol. The first-order valence-electron chi connectivity index (χ1n) is 6.63. The lowest BCUT2D eigenvalue weighted by molar-refractivity contribution is 0.252. The van der Waals surface area contributed by atoms with Gasteiger partial charge in [0, 0.05) is 24.9 Å². The second-order valence-electron chi connectivity index (χ2n) is 4.79. The summed E-state index contributed by atoms with van der Waals surface area (Å²) in [4.78, 5) is 11.9. The second kappa shape index (κ2) is 7.70. The van der Waals surface area contributed by atoms with Crippen LogP contribution in [0.3, 0.4) is 0 Å². The molecule has 0 aliphatic carbocycles. The fraction of sp³-hybridized carbons (Fsp3) is 0.400. The molecule has 2 N–H and O–H groups in total. The first-order valence-corrected chi connectivity index (χ1v) is 8.53. The Hall–Kier alpha value is -2.00. The summed E-state index contributed by atoms with van der Waals surface area (Å²) in [6.07, 6.45) is 8.64. The Labute approximate surface area is 126 Å². The van der Waals surface area contributed by atoms with Crippen molar-refractivity contribution in [3.8, 4) is 12.3 Å². The van der Waals surface area contributed by atoms with Gasteiger partial charge in [-0.1, -0.05) is 6.07 Å². The molecule has 0 spiro atoms. The molecule has 0 bridgehead atoms. The largest absolute Gasteiger partial charge is 0.338 e. The molecule has 0 fully saturated rings. The number of hydrogen-bond donors (Lipinski definition) is 2. The van der Waals surface area contributed by atoms with Crippen LogP contribution in [-0.2, 0) is 9.84 Å². The third-order valence-electron chi connectivity index (χ3n) is 2.88. The number of sulfone groups is 1. The van der Waals surface area contributed by atoms with Gasteiger partial charge in [-0.2, -0.15) is 0 Å². The summed E-state index contributed by atoms with van der Waals surface area (Å²) in [5.74, 6) is 2.54. The minimum absolute atomic E-state index is 0.217. The molecule has 0 aliphatic rings. The van der Waals surface area contributed by atoms with E-state index in [-0.39, 0.29) is 10.9 Å². The number of rotatable bonds is 6. The molecule has 21 heavy (non-hydrogen) atoms. The van der Waals surface area contributed by atoms with E-state index >= 15 is 0 Å². The zero-order valence-electron chi connectivity index (χ0n) is 12.3. The average molecular weight is 308 g/mol. The minimum atomic E-state index is -3.31. The highest BCUT2D eigenvalue weighted by Gasteiger charge is 2.12. The molecule has 114 valence electrons. The fourth-order valence-electron chi connectivity index (χ4n) is 1.81. The van der Waals surface area contributed by atoms with Gasteiger partial charge in [-0.3, -0.25) is 0 Å². The summed E-state index contributed by atoms with van der Waals surface area (Å²) in [5, 5.41) is 5.31. The van der Waals surface area contributed by atoms with Crippen LogP contribution in [-0.4, -0.2) is 27.2 Å². The van der Waals surface area contributed by atoms with Crippen LogP contribution in [0.2, 0.25) is 0 Å². The standard InChI is InChI=1S/C15H20N2O3S/c1-4-5-6-7-10-16-15(18)17-13-9-8-12(2)14(11-13)21(3,19)20/h1,8-9,11H,5-7,10H2,2-3H3,(H2,16,17,18). The molecular formula is C15H20N2O3S. The zero-order valence-corrected chi connectivity index (χ0v) is 13.1. The van der Waals surface area contributed by atoms with E-state index in [2.05, 4.69) is 16.6 Å². The third kappa shape index (κ3) is 5.88. The molecule has 0 aliphatic heterocycles. The van der Waals surface area contributed by atoms with Gasteiger partial charge >= 0.3 is 6.03 Å². The van der Waals surface area contributed by atoms with E-state index in [4.69, 9.17) is 6.42 Å². The van der Waals surface area contributed by atoms with Crippen LogP contribution in [0.25, 0.3) is 0 Å². The molecule has 0 saturated heterocycles. The van der Waals surface area contributed by atoms with Crippen LogP contribution in [0.4, 0.5) is 10.5 Å². The van der Waals surface area contributed by atoms with E-state index in [1.807, 2.05) is 0 Å². The Morgan fingerprint density at radius 1 is 1.33 bits per heavy atom. The number of unbranched alkanes of at least 4 members (excludes halogenated alkanes) is 2. The summed E-state index contributed by atoms with van der Waals surface area (Å²) in [6.45, 7) is 2.24. The molecule has 0 aromatic heterocycles. The molecule has 0 saturated carbocycles. The quantitative estimate of drug-likeness (QED) is 0.625. The van der Waals surface area contributed by atoms with Gasteiger partial charge in [0.05, 0.1) is 4.90 Å². The van der Waals surface area contributed by atoms with Gasteiger partial charge in [0.15, 0.2) is 9.84 Å². The predicted octanol–water partition coefficient (Wildman–Crippen LogP) is 2.32. The van der Waals surface area contributed by atoms with Crippen LogP contribution < -0.4 is 10.6 Å². The lowest BCUT2D eigenvalue weighted by Gasteiger charge is -2.10. The number of aryl methyl sites for hydroxylation is 1. The van der Waals surface area contributed by atoms with E-state index in [1.54, 1.807) is 19.1 Å². The molecule has 1 rings (SSSR count). The molecule has 6 heteroatoms. The molecule has 2 amide bonds. The van der Waals surface area contributed by atoms with Crippen molar-refractivity contribution < 1.29 is 13.2 Å². The van der Waals surface area contributed by atoms with Gasteiger partial charge in [-0.15, -0.1) is 12.3 Å². The molecule has 5 nitrogen and oxygen atoms in total. The summed E-state index contributed by atoms with van der Waals surface area (Å²) >= 11 is 0. The lowest BCUT2D eigenvalue weighted by Crippen LogP contribution is -2.29. The summed E-state index contributed by atoms with van der Waals surface area (Å²) < 4.78 is 23.2. The molecule has 1 aromatic rings. The maximum atomic E-state index is 11.7. The summed E-state index contributed by atoms with van der Waals surface area (Å²) in [7, 11) is -3.31. The van der Waals surface area contributed by atoms with Crippen molar-refractivity contribution >= 4 is 21.6 Å². The van der Waals surface area contributed by atoms with E-state index in [9.17, 15) is 13.2 Å². The second-order valence-corrected chi connectivity index (χ2v) is 6.78. The summed E-state index contributed by atoms with van der Waals surface area (Å²) in [5.41, 5.74) is 1.10. The average Bonchev–Trinajstić information content (AvgIpc) is 2.39. The maximum absolute atomic E-state index is 11.7. The minimum Gasteiger partial charge on any atom is -0.338 e. The topological polar surface area (TPSA) is 75.3 Å². The van der Waals surface area contributed by atoms with E-state index in [1.165, 1.54) is 6.07 Å². The van der Waals surface area contributed by atoms with Crippen molar-refractivity contribution in [3.63, 3.8) is 0 Å². The van der Waals surface area contributed by atoms with Crippen molar-refractivity contribution in [2.45, 2.75) is 31.1 Å². The van der Waals surface area contributed by atoms with E-state index in [0.717, 1.165) is 19.1 Å². The van der Waals surface area contributed by atoms with E-state index < -0.39 is 9.84 Å². The zero-order chi connectivity index (χ0) is 15.9. The van der Waals surface area contributed by atoms with Crippen LogP contribution in [0.1, 0.15) is 24.8 Å². The van der Waals surface area contributed by atoms with Gasteiger partial charge in [0.25, 0.3) is 0 Å². The van der Waals surface area contributed by atoms with Gasteiger partial charge in [-0.05, 0) is 37.5 Å². The van der Waals surface area contributed by atoms with Gasteiger partial charge in [0.2, 0.25) is 0 Å². The fourth-order valence-corrected chi connectivity index (χ4v) is 2.80. The SMILES string of the molecule is C#CCCCCNC(=O)Nc1ccc(C)c(S(C)(=O)=O)c1. The van der Waals surface area contributed by atoms with Crippen LogP contribution in [0, 0.1) is 19.3 Å². The van der Waals surface area contributed by atoms with E-state index in [0.29, 0.717) is 24.2 Å². The number of hydrogen-bond acceptors (Lipinski definition) is 3. The molecule has 0 heterocycles. The Bertz CT molecular complexity index is 645. The Morgan fingerprint density at radius 2 is 2.05 bits per heavy atom. The van der Waals surface area contributed by atoms with Crippen molar-refractivity contribution in [1.82, 2.24) is 5.32 Å². The maximum Gasteiger partial charge on any atom is 0.319 e. The number of carbonyl (C=O) groups excluding carboxylic acids is 1. The van der Waals surface area contributed by atoms with Crippen molar-refractivity contribution in [1.29, 1.82) is 0 Å². The highest BCUT2D eigenvalue weighted by Crippen LogP contribution is 2.19. The number of amides is 2. The monoisotopic (exact) mass is 308 g/mol. The van der Waals surface area contributed by atoms with Crippen LogP contribution in [0.5, 0.6) is 0 Å². The highest BCUT2D eigenvalue weighted by molar-refractivity contribution is 7.90. The van der Waals surface area contributed by atoms with Gasteiger partial charge in [-0.25, -0.2) is 13.2 Å². The molecule has 0 atom stereocenters. The van der Waals surface area contributed by atoms with Gasteiger partial charge < -0.3 is 10.6 Å². The first-order chi connectivity index (χ1) is 9.84. The number of carbonyl (C=O) groups is 1. The number of urea groups is 1. The van der Waals surface area contributed by atoms with Crippen LogP contribution in [0.15, 0.2) is 23.1 Å². The number of nitrogens with one attached hydrogen (secondary N) is 2. The molecule has 0 unspecified atom stereocenters. The lowest BCUT2D eigenvalue weighted by atomic mass is 10.2. The number of anilines is 1. The molecular weight excluding hydrogens is 288 g/mol. The first kappa shape index (κ1) is 17.1. The Morgan fingerprint density at radius 3 is 2.67 bits per heavy atom. The summed E-state index contributed by atoms with van der Waals surface area (Å²) in [6, 6.07) is 4.43. The number of benzene rings is 1.